The van der Waals surface area contributed by atoms with Crippen molar-refractivity contribution in [3.05, 3.63) is 35.4 Å². The summed E-state index contributed by atoms with van der Waals surface area (Å²) in [4.78, 5) is 36.1. The number of esters is 1. The fraction of sp³-hybridized carbons (Fsp3) is 0.438. The van der Waals surface area contributed by atoms with Gasteiger partial charge in [0.25, 0.3) is 5.91 Å². The summed E-state index contributed by atoms with van der Waals surface area (Å²) >= 11 is 0. The minimum absolute atomic E-state index is 0.0479. The van der Waals surface area contributed by atoms with Crippen LogP contribution >= 0.6 is 0 Å². The van der Waals surface area contributed by atoms with E-state index in [-0.39, 0.29) is 23.1 Å². The molecule has 1 aliphatic rings. The predicted octanol–water partition coefficient (Wildman–Crippen LogP) is 0.692. The summed E-state index contributed by atoms with van der Waals surface area (Å²) in [6.45, 7) is 1.66. The van der Waals surface area contributed by atoms with Crippen LogP contribution in [0, 0.1) is 0 Å². The molecule has 8 heteroatoms. The third-order valence-corrected chi connectivity index (χ3v) is 5.67. The van der Waals surface area contributed by atoms with E-state index in [1.54, 1.807) is 6.92 Å². The molecule has 0 saturated carbocycles. The SMILES string of the molecule is CCN(C(=O)COC(=O)c1ccc(C=O)cc1)[C@@H]1CCS(=O)(=O)C1. The zero-order valence-corrected chi connectivity index (χ0v) is 14.1. The first-order valence-corrected chi connectivity index (χ1v) is 9.40. The highest BCUT2D eigenvalue weighted by Crippen LogP contribution is 2.18. The number of nitrogens with zero attached hydrogens (tertiary/aromatic N) is 1. The lowest BCUT2D eigenvalue weighted by molar-refractivity contribution is -0.136. The van der Waals surface area contributed by atoms with Crippen molar-refractivity contribution in [1.82, 2.24) is 4.90 Å². The molecule has 7 nitrogen and oxygen atoms in total. The first-order chi connectivity index (χ1) is 11.4. The Morgan fingerprint density at radius 3 is 2.46 bits per heavy atom. The summed E-state index contributed by atoms with van der Waals surface area (Å²) in [7, 11) is -3.10. The average Bonchev–Trinajstić information content (AvgIpc) is 2.93. The zero-order chi connectivity index (χ0) is 17.7. The van der Waals surface area contributed by atoms with Gasteiger partial charge in [-0.2, -0.15) is 0 Å². The Bertz CT molecular complexity index is 725. The molecule has 1 aliphatic heterocycles. The van der Waals surface area contributed by atoms with Crippen molar-refractivity contribution in [1.29, 1.82) is 0 Å². The molecule has 0 spiro atoms. The lowest BCUT2D eigenvalue weighted by atomic mass is 10.1. The smallest absolute Gasteiger partial charge is 0.338 e. The number of hydrogen-bond acceptors (Lipinski definition) is 6. The van der Waals surface area contributed by atoms with Gasteiger partial charge in [-0.05, 0) is 25.5 Å². The molecule has 1 heterocycles. The Morgan fingerprint density at radius 1 is 1.29 bits per heavy atom. The van der Waals surface area contributed by atoms with Crippen molar-refractivity contribution in [3.8, 4) is 0 Å². The van der Waals surface area contributed by atoms with Crippen molar-refractivity contribution >= 4 is 28.0 Å². The third-order valence-electron chi connectivity index (χ3n) is 3.92. The van der Waals surface area contributed by atoms with E-state index >= 15 is 0 Å². The fourth-order valence-electron chi connectivity index (χ4n) is 2.65. The van der Waals surface area contributed by atoms with Gasteiger partial charge in [0.1, 0.15) is 6.29 Å². The van der Waals surface area contributed by atoms with Gasteiger partial charge in [0.15, 0.2) is 16.4 Å². The molecule has 1 atom stereocenters. The van der Waals surface area contributed by atoms with Crippen molar-refractivity contribution in [3.63, 3.8) is 0 Å². The van der Waals surface area contributed by atoms with Gasteiger partial charge in [-0.3, -0.25) is 9.59 Å². The number of ether oxygens (including phenoxy) is 1. The highest BCUT2D eigenvalue weighted by atomic mass is 32.2. The predicted molar refractivity (Wildman–Crippen MR) is 86.6 cm³/mol. The number of carbonyl (C=O) groups is 3. The Morgan fingerprint density at radius 2 is 1.96 bits per heavy atom. The minimum Gasteiger partial charge on any atom is -0.452 e. The molecule has 1 amide bonds. The fourth-order valence-corrected chi connectivity index (χ4v) is 4.38. The van der Waals surface area contributed by atoms with E-state index in [4.69, 9.17) is 4.74 Å². The molecule has 0 bridgehead atoms. The molecule has 0 N–H and O–H groups in total. The summed E-state index contributed by atoms with van der Waals surface area (Å²) in [6.07, 6.45) is 1.07. The molecule has 0 aromatic heterocycles. The second-order valence-corrected chi connectivity index (χ2v) is 7.78. The molecule has 2 rings (SSSR count). The first kappa shape index (κ1) is 18.1. The van der Waals surface area contributed by atoms with Crippen LogP contribution in [0.1, 0.15) is 34.1 Å². The number of hydrogen-bond donors (Lipinski definition) is 0. The standard InChI is InChI=1S/C16H19NO6S/c1-2-17(14-7-8-24(21,22)11-14)15(19)10-23-16(20)13-5-3-12(9-18)4-6-13/h3-6,9,14H,2,7-8,10-11H2,1H3/t14-/m1/s1. The Labute approximate surface area is 140 Å². The summed E-state index contributed by atoms with van der Waals surface area (Å²) in [5.74, 6) is -1.06. The van der Waals surface area contributed by atoms with Crippen LogP contribution in [0.2, 0.25) is 0 Å². The monoisotopic (exact) mass is 353 g/mol. The minimum atomic E-state index is -3.10. The first-order valence-electron chi connectivity index (χ1n) is 7.58. The quantitative estimate of drug-likeness (QED) is 0.551. The number of rotatable bonds is 6. The average molecular weight is 353 g/mol. The summed E-state index contributed by atoms with van der Waals surface area (Å²) in [6, 6.07) is 5.48. The largest absolute Gasteiger partial charge is 0.452 e. The van der Waals surface area contributed by atoms with Crippen LogP contribution in [0.3, 0.4) is 0 Å². The summed E-state index contributed by atoms with van der Waals surface area (Å²) < 4.78 is 28.1. The number of sulfone groups is 1. The highest BCUT2D eigenvalue weighted by molar-refractivity contribution is 7.91. The third kappa shape index (κ3) is 4.41. The van der Waals surface area contributed by atoms with E-state index in [0.717, 1.165) is 0 Å². The Hall–Kier alpha value is -2.22. The Kier molecular flexibility index (Phi) is 5.71. The van der Waals surface area contributed by atoms with E-state index in [1.807, 2.05) is 0 Å². The van der Waals surface area contributed by atoms with Crippen LogP contribution in [0.15, 0.2) is 24.3 Å². The molecule has 0 radical (unpaired) electrons. The number of benzene rings is 1. The topological polar surface area (TPSA) is 97.8 Å². The van der Waals surface area contributed by atoms with Gasteiger partial charge in [-0.1, -0.05) is 12.1 Å². The molecule has 0 unspecified atom stereocenters. The maximum Gasteiger partial charge on any atom is 0.338 e. The van der Waals surface area contributed by atoms with Gasteiger partial charge < -0.3 is 9.64 Å². The van der Waals surface area contributed by atoms with Crippen LogP contribution in [0.25, 0.3) is 0 Å². The van der Waals surface area contributed by atoms with Gasteiger partial charge in [-0.25, -0.2) is 13.2 Å². The van der Waals surface area contributed by atoms with Crippen molar-refractivity contribution in [2.45, 2.75) is 19.4 Å². The highest BCUT2D eigenvalue weighted by Gasteiger charge is 2.34. The zero-order valence-electron chi connectivity index (χ0n) is 13.3. The van der Waals surface area contributed by atoms with Crippen molar-refractivity contribution in [2.75, 3.05) is 24.7 Å². The Balaban J connectivity index is 1.93. The summed E-state index contributed by atoms with van der Waals surface area (Å²) in [5.41, 5.74) is 0.669. The molecule has 1 fully saturated rings. The van der Waals surface area contributed by atoms with Crippen molar-refractivity contribution in [2.24, 2.45) is 0 Å². The van der Waals surface area contributed by atoms with Gasteiger partial charge in [0.2, 0.25) is 0 Å². The van der Waals surface area contributed by atoms with E-state index in [0.29, 0.717) is 24.8 Å². The van der Waals surface area contributed by atoms with Crippen LogP contribution in [-0.2, 0) is 19.4 Å². The second kappa shape index (κ2) is 7.57. The van der Waals surface area contributed by atoms with Crippen LogP contribution in [0.5, 0.6) is 0 Å². The number of amides is 1. The summed E-state index contributed by atoms with van der Waals surface area (Å²) in [5, 5.41) is 0. The maximum atomic E-state index is 12.2. The van der Waals surface area contributed by atoms with Crippen LogP contribution in [-0.4, -0.2) is 62.2 Å². The van der Waals surface area contributed by atoms with Crippen molar-refractivity contribution < 1.29 is 27.5 Å². The van der Waals surface area contributed by atoms with Gasteiger partial charge in [-0.15, -0.1) is 0 Å². The second-order valence-electron chi connectivity index (χ2n) is 5.55. The number of likely N-dealkylation sites (N-methyl/N-ethyl adjacent to an activating group) is 1. The molecule has 1 aromatic carbocycles. The van der Waals surface area contributed by atoms with E-state index in [9.17, 15) is 22.8 Å². The van der Waals surface area contributed by atoms with Gasteiger partial charge in [0.05, 0.1) is 17.1 Å². The maximum absolute atomic E-state index is 12.2. The molecular formula is C16H19NO6S. The molecule has 0 aliphatic carbocycles. The van der Waals surface area contributed by atoms with Crippen LogP contribution < -0.4 is 0 Å². The lowest BCUT2D eigenvalue weighted by Gasteiger charge is -2.26. The van der Waals surface area contributed by atoms with E-state index < -0.39 is 28.3 Å². The molecule has 24 heavy (non-hydrogen) atoms. The lowest BCUT2D eigenvalue weighted by Crippen LogP contribution is -2.43. The van der Waals surface area contributed by atoms with Gasteiger partial charge in [0, 0.05) is 18.2 Å². The van der Waals surface area contributed by atoms with E-state index in [2.05, 4.69) is 0 Å². The van der Waals surface area contributed by atoms with Gasteiger partial charge >= 0.3 is 5.97 Å². The van der Waals surface area contributed by atoms with E-state index in [1.165, 1.54) is 29.2 Å². The number of aldehydes is 1. The molecule has 1 aromatic rings. The molecular weight excluding hydrogens is 334 g/mol. The van der Waals surface area contributed by atoms with Crippen LogP contribution in [0.4, 0.5) is 0 Å². The molecule has 1 saturated heterocycles. The normalized spacial score (nSPS) is 18.8. The molecule has 130 valence electrons. The number of carbonyl (C=O) groups excluding carboxylic acids is 3.